The second-order valence-electron chi connectivity index (χ2n) is 8.57. The molecule has 1 aromatic heterocycles. The number of furan rings is 1. The van der Waals surface area contributed by atoms with Gasteiger partial charge in [-0.25, -0.2) is 13.6 Å². The third kappa shape index (κ3) is 6.44. The number of alkyl carbamates (subject to hydrolysis) is 1. The van der Waals surface area contributed by atoms with Crippen molar-refractivity contribution in [1.29, 1.82) is 0 Å². The lowest BCUT2D eigenvalue weighted by atomic mass is 10.1. The number of ether oxygens (including phenoxy) is 1. The highest BCUT2D eigenvalue weighted by atomic mass is 19.2. The van der Waals surface area contributed by atoms with Gasteiger partial charge in [0.1, 0.15) is 17.6 Å². The summed E-state index contributed by atoms with van der Waals surface area (Å²) in [6, 6.07) is 5.43. The molecular formula is C22H27F2N3O4. The van der Waals surface area contributed by atoms with Gasteiger partial charge in [-0.3, -0.25) is 4.79 Å². The summed E-state index contributed by atoms with van der Waals surface area (Å²) < 4.78 is 37.0. The minimum Gasteiger partial charge on any atom is -0.467 e. The number of rotatable bonds is 6. The predicted molar refractivity (Wildman–Crippen MR) is 111 cm³/mol. The minimum absolute atomic E-state index is 0.105. The maximum atomic E-state index is 13.4. The zero-order chi connectivity index (χ0) is 22.6. The van der Waals surface area contributed by atoms with Crippen LogP contribution in [0, 0.1) is 17.6 Å². The Morgan fingerprint density at radius 1 is 1.19 bits per heavy atom. The van der Waals surface area contributed by atoms with Gasteiger partial charge in [-0.1, -0.05) is 0 Å². The molecule has 1 aliphatic rings. The largest absolute Gasteiger partial charge is 0.467 e. The fourth-order valence-electron chi connectivity index (χ4n) is 3.32. The van der Waals surface area contributed by atoms with Gasteiger partial charge in [0.2, 0.25) is 0 Å². The van der Waals surface area contributed by atoms with Crippen molar-refractivity contribution in [3.63, 3.8) is 0 Å². The van der Waals surface area contributed by atoms with E-state index < -0.39 is 23.3 Å². The van der Waals surface area contributed by atoms with E-state index in [0.29, 0.717) is 36.6 Å². The quantitative estimate of drug-likeness (QED) is 0.720. The van der Waals surface area contributed by atoms with Crippen LogP contribution in [0.1, 0.15) is 43.3 Å². The molecule has 0 aliphatic carbocycles. The molecule has 2 heterocycles. The topological polar surface area (TPSA) is 83.8 Å². The first-order valence-corrected chi connectivity index (χ1v) is 10.1. The minimum atomic E-state index is -0.869. The summed E-state index contributed by atoms with van der Waals surface area (Å²) in [5, 5.41) is 5.44. The molecule has 1 aliphatic heterocycles. The highest BCUT2D eigenvalue weighted by molar-refractivity contribution is 5.94. The average Bonchev–Trinajstić information content (AvgIpc) is 3.35. The zero-order valence-electron chi connectivity index (χ0n) is 17.8. The third-order valence-corrected chi connectivity index (χ3v) is 4.83. The first-order chi connectivity index (χ1) is 14.6. The Morgan fingerprint density at radius 3 is 2.68 bits per heavy atom. The Hall–Kier alpha value is -3.10. The van der Waals surface area contributed by atoms with Crippen LogP contribution >= 0.6 is 0 Å². The Balaban J connectivity index is 1.44. The summed E-state index contributed by atoms with van der Waals surface area (Å²) in [5.41, 5.74) is 0.389. The van der Waals surface area contributed by atoms with Gasteiger partial charge in [0.15, 0.2) is 11.6 Å². The van der Waals surface area contributed by atoms with Gasteiger partial charge >= 0.3 is 6.09 Å². The number of amides is 2. The van der Waals surface area contributed by atoms with Crippen molar-refractivity contribution >= 4 is 17.7 Å². The van der Waals surface area contributed by atoms with Crippen LogP contribution in [0.15, 0.2) is 34.9 Å². The molecule has 168 valence electrons. The normalized spacial score (nSPS) is 16.3. The van der Waals surface area contributed by atoms with E-state index in [1.807, 2.05) is 4.90 Å². The Labute approximate surface area is 179 Å². The van der Waals surface area contributed by atoms with E-state index in [1.54, 1.807) is 32.9 Å². The lowest BCUT2D eigenvalue weighted by Gasteiger charge is -2.19. The number of carbonyl (C=O) groups is 2. The number of nitrogens with one attached hydrogen (secondary N) is 2. The van der Waals surface area contributed by atoms with E-state index in [9.17, 15) is 18.4 Å². The van der Waals surface area contributed by atoms with E-state index in [4.69, 9.17) is 9.15 Å². The van der Waals surface area contributed by atoms with Crippen LogP contribution in [-0.4, -0.2) is 37.2 Å². The number of halogens is 2. The summed E-state index contributed by atoms with van der Waals surface area (Å²) in [4.78, 5) is 26.0. The van der Waals surface area contributed by atoms with Crippen molar-refractivity contribution in [2.75, 3.05) is 24.5 Å². The highest BCUT2D eigenvalue weighted by Crippen LogP contribution is 2.25. The number of hydrogen-bond donors (Lipinski definition) is 2. The molecule has 2 amide bonds. The standard InChI is InChI=1S/C22H27F2N3O4/c1-22(2,3)31-21(29)26-11-17-8-15(13-30-17)20(28)25-10-14-6-7-27(12-14)16-4-5-18(23)19(24)9-16/h4-5,8-9,13-14H,6-7,10-12H2,1-3H3,(H,25,28)(H,26,29). The van der Waals surface area contributed by atoms with Crippen LogP contribution in [-0.2, 0) is 11.3 Å². The number of hydrogen-bond acceptors (Lipinski definition) is 5. The Kier molecular flexibility index (Phi) is 6.82. The fourth-order valence-corrected chi connectivity index (χ4v) is 3.32. The molecule has 1 fully saturated rings. The molecule has 0 saturated carbocycles. The first kappa shape index (κ1) is 22.6. The summed E-state index contributed by atoms with van der Waals surface area (Å²) in [6.45, 7) is 7.21. The third-order valence-electron chi connectivity index (χ3n) is 4.83. The summed E-state index contributed by atoms with van der Waals surface area (Å²) >= 11 is 0. The molecule has 1 saturated heterocycles. The van der Waals surface area contributed by atoms with E-state index in [-0.39, 0.29) is 18.4 Å². The monoisotopic (exact) mass is 435 g/mol. The van der Waals surface area contributed by atoms with E-state index in [2.05, 4.69) is 10.6 Å². The lowest BCUT2D eigenvalue weighted by molar-refractivity contribution is 0.0519. The number of nitrogens with zero attached hydrogens (tertiary/aromatic N) is 1. The molecule has 0 bridgehead atoms. The first-order valence-electron chi connectivity index (χ1n) is 10.1. The molecule has 2 aromatic rings. The van der Waals surface area contributed by atoms with Crippen LogP contribution in [0.25, 0.3) is 0 Å². The molecule has 0 spiro atoms. The van der Waals surface area contributed by atoms with Crippen molar-refractivity contribution < 1.29 is 27.5 Å². The van der Waals surface area contributed by atoms with Crippen molar-refractivity contribution in [2.45, 2.75) is 39.3 Å². The SMILES string of the molecule is CC(C)(C)OC(=O)NCc1cc(C(=O)NCC2CCN(c3ccc(F)c(F)c3)C2)co1. The van der Waals surface area contributed by atoms with Crippen molar-refractivity contribution in [3.05, 3.63) is 53.5 Å². The second kappa shape index (κ2) is 9.36. The molecule has 1 aromatic carbocycles. The van der Waals surface area contributed by atoms with Gasteiger partial charge in [0, 0.05) is 31.4 Å². The summed E-state index contributed by atoms with van der Waals surface area (Å²) in [6.07, 6.45) is 1.60. The van der Waals surface area contributed by atoms with Gasteiger partial charge < -0.3 is 24.7 Å². The molecule has 0 radical (unpaired) electrons. The molecule has 2 N–H and O–H groups in total. The fraction of sp³-hybridized carbons (Fsp3) is 0.455. The maximum Gasteiger partial charge on any atom is 0.408 e. The summed E-state index contributed by atoms with van der Waals surface area (Å²) in [5.74, 6) is -1.39. The summed E-state index contributed by atoms with van der Waals surface area (Å²) in [7, 11) is 0. The number of benzene rings is 1. The average molecular weight is 435 g/mol. The van der Waals surface area contributed by atoms with Crippen LogP contribution < -0.4 is 15.5 Å². The Bertz CT molecular complexity index is 939. The molecular weight excluding hydrogens is 408 g/mol. The maximum absolute atomic E-state index is 13.4. The second-order valence-corrected chi connectivity index (χ2v) is 8.57. The van der Waals surface area contributed by atoms with Crippen molar-refractivity contribution in [2.24, 2.45) is 5.92 Å². The van der Waals surface area contributed by atoms with Crippen molar-refractivity contribution in [1.82, 2.24) is 10.6 Å². The van der Waals surface area contributed by atoms with Gasteiger partial charge in [0.25, 0.3) is 5.91 Å². The van der Waals surface area contributed by atoms with Gasteiger partial charge in [-0.05, 0) is 51.3 Å². The molecule has 3 rings (SSSR count). The van der Waals surface area contributed by atoms with Crippen molar-refractivity contribution in [3.8, 4) is 0 Å². The molecule has 1 atom stereocenters. The van der Waals surface area contributed by atoms with Gasteiger partial charge in [0.05, 0.1) is 12.1 Å². The predicted octanol–water partition coefficient (Wildman–Crippen LogP) is 3.84. The van der Waals surface area contributed by atoms with Gasteiger partial charge in [-0.2, -0.15) is 0 Å². The van der Waals surface area contributed by atoms with E-state index >= 15 is 0 Å². The number of carbonyl (C=O) groups excluding carboxylic acids is 2. The number of anilines is 1. The molecule has 7 nitrogen and oxygen atoms in total. The Morgan fingerprint density at radius 2 is 1.97 bits per heavy atom. The molecule has 9 heteroatoms. The zero-order valence-corrected chi connectivity index (χ0v) is 17.8. The van der Waals surface area contributed by atoms with E-state index in [1.165, 1.54) is 12.3 Å². The lowest BCUT2D eigenvalue weighted by Crippen LogP contribution is -2.32. The molecule has 31 heavy (non-hydrogen) atoms. The van der Waals surface area contributed by atoms with Gasteiger partial charge in [-0.15, -0.1) is 0 Å². The van der Waals surface area contributed by atoms with Crippen LogP contribution in [0.2, 0.25) is 0 Å². The smallest absolute Gasteiger partial charge is 0.408 e. The molecule has 1 unspecified atom stereocenters. The van der Waals surface area contributed by atoms with Crippen LogP contribution in [0.3, 0.4) is 0 Å². The van der Waals surface area contributed by atoms with Crippen LogP contribution in [0.4, 0.5) is 19.3 Å². The van der Waals surface area contributed by atoms with E-state index in [0.717, 1.165) is 12.5 Å². The highest BCUT2D eigenvalue weighted by Gasteiger charge is 2.24. The van der Waals surface area contributed by atoms with Crippen LogP contribution in [0.5, 0.6) is 0 Å².